The fourth-order valence-electron chi connectivity index (χ4n) is 4.79. The van der Waals surface area contributed by atoms with Crippen molar-refractivity contribution in [3.63, 3.8) is 0 Å². The van der Waals surface area contributed by atoms with Gasteiger partial charge in [0, 0.05) is 12.6 Å². The lowest BCUT2D eigenvalue weighted by Crippen LogP contribution is -2.44. The molecule has 0 radical (unpaired) electrons. The van der Waals surface area contributed by atoms with E-state index in [0.717, 1.165) is 12.5 Å². The van der Waals surface area contributed by atoms with Crippen LogP contribution in [-0.4, -0.2) is 6.04 Å². The monoisotopic (exact) mass is 307 g/mol. The van der Waals surface area contributed by atoms with Gasteiger partial charge in [-0.3, -0.25) is 0 Å². The van der Waals surface area contributed by atoms with E-state index in [4.69, 9.17) is 0 Å². The van der Waals surface area contributed by atoms with Crippen molar-refractivity contribution < 1.29 is 0 Å². The highest BCUT2D eigenvalue weighted by Gasteiger charge is 2.60. The highest BCUT2D eigenvalue weighted by atomic mass is 35.5. The van der Waals surface area contributed by atoms with Crippen LogP contribution in [0.5, 0.6) is 0 Å². The van der Waals surface area contributed by atoms with Crippen molar-refractivity contribution in [1.29, 1.82) is 0 Å². The average molecular weight is 308 g/mol. The van der Waals surface area contributed by atoms with Gasteiger partial charge in [0.15, 0.2) is 0 Å². The highest BCUT2D eigenvalue weighted by Crippen LogP contribution is 2.65. The summed E-state index contributed by atoms with van der Waals surface area (Å²) in [5, 5.41) is 3.89. The summed E-state index contributed by atoms with van der Waals surface area (Å²) in [6, 6.07) is 7.51. The molecule has 2 aliphatic rings. The number of nitrogens with one attached hydrogen (secondary N) is 1. The van der Waals surface area contributed by atoms with Crippen molar-refractivity contribution in [2.75, 3.05) is 0 Å². The molecule has 118 valence electrons. The Bertz CT molecular complexity index is 522. The van der Waals surface area contributed by atoms with Gasteiger partial charge in [-0.25, -0.2) is 0 Å². The molecule has 2 fully saturated rings. The maximum atomic E-state index is 3.89. The van der Waals surface area contributed by atoms with Crippen LogP contribution in [0.25, 0.3) is 0 Å². The van der Waals surface area contributed by atoms with Gasteiger partial charge in [0.1, 0.15) is 0 Å². The van der Waals surface area contributed by atoms with Gasteiger partial charge in [-0.05, 0) is 61.0 Å². The molecule has 0 saturated heterocycles. The fourth-order valence-corrected chi connectivity index (χ4v) is 4.79. The molecule has 0 heterocycles. The standard InChI is InChI=1S/C19H29N.ClH/c1-13-6-7-15(14(2)10-13)12-20-17-11-16-8-9-19(17,5)18(16,3)4;/h6-7,10,16-17,20H,8-9,11-12H2,1-5H3;1H/t16-,17+,19+;/m0./s1. The largest absolute Gasteiger partial charge is 0.309 e. The van der Waals surface area contributed by atoms with Crippen LogP contribution >= 0.6 is 12.4 Å². The van der Waals surface area contributed by atoms with E-state index < -0.39 is 0 Å². The molecule has 2 heteroatoms. The minimum Gasteiger partial charge on any atom is -0.309 e. The summed E-state index contributed by atoms with van der Waals surface area (Å²) in [6.07, 6.45) is 4.20. The smallest absolute Gasteiger partial charge is 0.0210 e. The number of halogens is 1. The number of hydrogen-bond donors (Lipinski definition) is 1. The van der Waals surface area contributed by atoms with Gasteiger partial charge in [-0.15, -0.1) is 12.4 Å². The predicted octanol–water partition coefficient (Wildman–Crippen LogP) is 5.03. The Hall–Kier alpha value is -0.530. The summed E-state index contributed by atoms with van der Waals surface area (Å²) in [6.45, 7) is 12.9. The molecule has 3 atom stereocenters. The van der Waals surface area contributed by atoms with E-state index in [-0.39, 0.29) is 12.4 Å². The lowest BCUT2D eigenvalue weighted by atomic mass is 9.69. The molecular formula is C19H30ClN. The van der Waals surface area contributed by atoms with Crippen LogP contribution in [0.2, 0.25) is 0 Å². The van der Waals surface area contributed by atoms with Crippen molar-refractivity contribution in [3.05, 3.63) is 34.9 Å². The van der Waals surface area contributed by atoms with E-state index >= 15 is 0 Å². The number of aryl methyl sites for hydroxylation is 2. The minimum atomic E-state index is 0. The first-order chi connectivity index (χ1) is 9.34. The van der Waals surface area contributed by atoms with E-state index in [1.165, 1.54) is 36.0 Å². The van der Waals surface area contributed by atoms with Gasteiger partial charge >= 0.3 is 0 Å². The summed E-state index contributed by atoms with van der Waals surface area (Å²) in [5.74, 6) is 0.920. The average Bonchev–Trinajstić information content (AvgIpc) is 2.70. The van der Waals surface area contributed by atoms with Gasteiger partial charge < -0.3 is 5.32 Å². The zero-order chi connectivity index (χ0) is 14.5. The van der Waals surface area contributed by atoms with Crippen LogP contribution in [-0.2, 0) is 6.54 Å². The molecule has 2 saturated carbocycles. The van der Waals surface area contributed by atoms with E-state index in [2.05, 4.69) is 58.1 Å². The van der Waals surface area contributed by atoms with Gasteiger partial charge in [0.05, 0.1) is 0 Å². The lowest BCUT2D eigenvalue weighted by molar-refractivity contribution is 0.120. The van der Waals surface area contributed by atoms with Crippen LogP contribution in [0.15, 0.2) is 18.2 Å². The molecular weight excluding hydrogens is 278 g/mol. The van der Waals surface area contributed by atoms with Crippen molar-refractivity contribution >= 4 is 12.4 Å². The predicted molar refractivity (Wildman–Crippen MR) is 93.0 cm³/mol. The zero-order valence-corrected chi connectivity index (χ0v) is 14.9. The molecule has 3 rings (SSSR count). The lowest BCUT2D eigenvalue weighted by Gasteiger charge is -2.39. The summed E-state index contributed by atoms with van der Waals surface area (Å²) in [7, 11) is 0. The maximum Gasteiger partial charge on any atom is 0.0210 e. The van der Waals surface area contributed by atoms with Gasteiger partial charge in [-0.2, -0.15) is 0 Å². The zero-order valence-electron chi connectivity index (χ0n) is 14.1. The third-order valence-electron chi connectivity index (χ3n) is 6.83. The van der Waals surface area contributed by atoms with E-state index in [9.17, 15) is 0 Å². The number of fused-ring (bicyclic) bond motifs is 2. The molecule has 1 nitrogen and oxygen atoms in total. The normalized spacial score (nSPS) is 33.0. The first-order valence-corrected chi connectivity index (χ1v) is 8.14. The molecule has 0 spiro atoms. The third-order valence-corrected chi connectivity index (χ3v) is 6.83. The van der Waals surface area contributed by atoms with Crippen molar-refractivity contribution in [3.8, 4) is 0 Å². The molecule has 1 aromatic carbocycles. The Labute approximate surface area is 136 Å². The third kappa shape index (κ3) is 2.53. The summed E-state index contributed by atoms with van der Waals surface area (Å²) < 4.78 is 0. The minimum absolute atomic E-state index is 0. The molecule has 0 aliphatic heterocycles. The number of hydrogen-bond acceptors (Lipinski definition) is 1. The SMILES string of the molecule is Cc1ccc(CN[C@@H]2C[C@@H]3CC[C@@]2(C)C3(C)C)c(C)c1.Cl. The first-order valence-electron chi connectivity index (χ1n) is 8.14. The highest BCUT2D eigenvalue weighted by molar-refractivity contribution is 5.85. The first kappa shape index (κ1) is 16.8. The fraction of sp³-hybridized carbons (Fsp3) is 0.684. The molecule has 1 aromatic rings. The van der Waals surface area contributed by atoms with Crippen LogP contribution in [0.1, 0.15) is 56.7 Å². The molecule has 2 aliphatic carbocycles. The Morgan fingerprint density at radius 2 is 1.90 bits per heavy atom. The quantitative estimate of drug-likeness (QED) is 0.826. The topological polar surface area (TPSA) is 12.0 Å². The molecule has 0 amide bonds. The molecule has 2 bridgehead atoms. The molecule has 1 N–H and O–H groups in total. The van der Waals surface area contributed by atoms with Gasteiger partial charge in [-0.1, -0.05) is 44.5 Å². The van der Waals surface area contributed by atoms with Crippen molar-refractivity contribution in [2.24, 2.45) is 16.7 Å². The van der Waals surface area contributed by atoms with E-state index in [0.29, 0.717) is 16.9 Å². The Balaban J connectivity index is 0.00000161. The van der Waals surface area contributed by atoms with Crippen molar-refractivity contribution in [1.82, 2.24) is 5.32 Å². The number of rotatable bonds is 3. The summed E-state index contributed by atoms with van der Waals surface area (Å²) >= 11 is 0. The second-order valence-electron chi connectivity index (χ2n) is 7.97. The Kier molecular flexibility index (Phi) is 4.48. The second kappa shape index (κ2) is 5.59. The van der Waals surface area contributed by atoms with Crippen LogP contribution < -0.4 is 5.32 Å². The van der Waals surface area contributed by atoms with E-state index in [1.807, 2.05) is 0 Å². The van der Waals surface area contributed by atoms with Gasteiger partial charge in [0.2, 0.25) is 0 Å². The maximum absolute atomic E-state index is 3.89. The number of benzene rings is 1. The summed E-state index contributed by atoms with van der Waals surface area (Å²) in [4.78, 5) is 0. The van der Waals surface area contributed by atoms with Crippen molar-refractivity contribution in [2.45, 2.75) is 66.5 Å². The van der Waals surface area contributed by atoms with Gasteiger partial charge in [0.25, 0.3) is 0 Å². The second-order valence-corrected chi connectivity index (χ2v) is 7.97. The van der Waals surface area contributed by atoms with Crippen LogP contribution in [0, 0.1) is 30.6 Å². The van der Waals surface area contributed by atoms with Crippen LogP contribution in [0.3, 0.4) is 0 Å². The Morgan fingerprint density at radius 3 is 2.43 bits per heavy atom. The molecule has 0 unspecified atom stereocenters. The Morgan fingerprint density at radius 1 is 1.19 bits per heavy atom. The molecule has 0 aromatic heterocycles. The summed E-state index contributed by atoms with van der Waals surface area (Å²) in [5.41, 5.74) is 5.23. The van der Waals surface area contributed by atoms with Crippen LogP contribution in [0.4, 0.5) is 0 Å². The molecule has 21 heavy (non-hydrogen) atoms. The van der Waals surface area contributed by atoms with E-state index in [1.54, 1.807) is 0 Å².